The molecule has 0 saturated carbocycles. The maximum Gasteiger partial charge on any atom is 0.169 e. The molecule has 0 unspecified atom stereocenters. The standard InChI is InChI=1S/C10H17BrN2O/c1-3-13(2)7-6-12-8-9-4-5-10(11)14-9/h4-5,12H,3,6-8H2,1-2H3. The van der Waals surface area contributed by atoms with Gasteiger partial charge in [-0.1, -0.05) is 6.92 Å². The second kappa shape index (κ2) is 6.22. The highest BCUT2D eigenvalue weighted by atomic mass is 79.9. The van der Waals surface area contributed by atoms with E-state index in [-0.39, 0.29) is 0 Å². The van der Waals surface area contributed by atoms with E-state index < -0.39 is 0 Å². The normalized spacial score (nSPS) is 11.1. The van der Waals surface area contributed by atoms with Crippen LogP contribution < -0.4 is 5.32 Å². The SMILES string of the molecule is CCN(C)CCNCc1ccc(Br)o1. The van der Waals surface area contributed by atoms with Crippen LogP contribution in [0.2, 0.25) is 0 Å². The molecule has 3 nitrogen and oxygen atoms in total. The molecule has 0 aliphatic rings. The zero-order valence-corrected chi connectivity index (χ0v) is 10.3. The Hall–Kier alpha value is -0.320. The van der Waals surface area contributed by atoms with Crippen LogP contribution in [0.15, 0.2) is 21.2 Å². The summed E-state index contributed by atoms with van der Waals surface area (Å²) in [5.41, 5.74) is 0. The van der Waals surface area contributed by atoms with Crippen LogP contribution in [0.3, 0.4) is 0 Å². The van der Waals surface area contributed by atoms with Crippen LogP contribution in [0.1, 0.15) is 12.7 Å². The zero-order chi connectivity index (χ0) is 10.4. The Labute approximate surface area is 93.6 Å². The summed E-state index contributed by atoms with van der Waals surface area (Å²) in [5.74, 6) is 0.969. The lowest BCUT2D eigenvalue weighted by Crippen LogP contribution is -2.28. The molecule has 0 fully saturated rings. The van der Waals surface area contributed by atoms with Crippen LogP contribution in [0.4, 0.5) is 0 Å². The Kier molecular flexibility index (Phi) is 5.22. The lowest BCUT2D eigenvalue weighted by atomic mass is 10.4. The molecule has 0 aliphatic heterocycles. The van der Waals surface area contributed by atoms with Gasteiger partial charge in [-0.3, -0.25) is 0 Å². The number of rotatable bonds is 6. The molecule has 1 heterocycles. The second-order valence-electron chi connectivity index (χ2n) is 3.28. The first-order valence-electron chi connectivity index (χ1n) is 4.86. The van der Waals surface area contributed by atoms with Gasteiger partial charge in [0.25, 0.3) is 0 Å². The van der Waals surface area contributed by atoms with Crippen LogP contribution in [0.5, 0.6) is 0 Å². The van der Waals surface area contributed by atoms with Gasteiger partial charge < -0.3 is 14.6 Å². The minimum absolute atomic E-state index is 0.792. The summed E-state index contributed by atoms with van der Waals surface area (Å²) < 4.78 is 6.15. The van der Waals surface area contributed by atoms with Crippen LogP contribution in [-0.2, 0) is 6.54 Å². The van der Waals surface area contributed by atoms with E-state index in [1.54, 1.807) is 0 Å². The highest BCUT2D eigenvalue weighted by Gasteiger charge is 1.98. The molecule has 0 aliphatic carbocycles. The number of likely N-dealkylation sites (N-methyl/N-ethyl adjacent to an activating group) is 1. The molecular weight excluding hydrogens is 244 g/mol. The molecule has 1 aromatic heterocycles. The topological polar surface area (TPSA) is 28.4 Å². The Morgan fingerprint density at radius 3 is 2.86 bits per heavy atom. The van der Waals surface area contributed by atoms with Gasteiger partial charge in [0.15, 0.2) is 4.67 Å². The summed E-state index contributed by atoms with van der Waals surface area (Å²) in [6.45, 7) is 6.10. The van der Waals surface area contributed by atoms with Crippen molar-refractivity contribution in [2.45, 2.75) is 13.5 Å². The molecule has 0 radical (unpaired) electrons. The maximum absolute atomic E-state index is 5.36. The summed E-state index contributed by atoms with van der Waals surface area (Å²) in [5, 5.41) is 3.32. The number of hydrogen-bond acceptors (Lipinski definition) is 3. The molecule has 1 rings (SSSR count). The third-order valence-corrected chi connectivity index (χ3v) is 2.56. The highest BCUT2D eigenvalue weighted by molar-refractivity contribution is 9.10. The first-order valence-corrected chi connectivity index (χ1v) is 5.65. The predicted molar refractivity (Wildman–Crippen MR) is 61.3 cm³/mol. The molecule has 0 saturated heterocycles. The van der Waals surface area contributed by atoms with Crippen LogP contribution in [0.25, 0.3) is 0 Å². The number of hydrogen-bond donors (Lipinski definition) is 1. The highest BCUT2D eigenvalue weighted by Crippen LogP contribution is 2.13. The second-order valence-corrected chi connectivity index (χ2v) is 4.06. The molecule has 0 bridgehead atoms. The van der Waals surface area contributed by atoms with Gasteiger partial charge in [0.2, 0.25) is 0 Å². The number of nitrogens with one attached hydrogen (secondary N) is 1. The molecule has 14 heavy (non-hydrogen) atoms. The molecule has 0 amide bonds. The summed E-state index contributed by atoms with van der Waals surface area (Å²) in [4.78, 5) is 2.27. The lowest BCUT2D eigenvalue weighted by molar-refractivity contribution is 0.345. The van der Waals surface area contributed by atoms with Crippen LogP contribution in [-0.4, -0.2) is 31.6 Å². The van der Waals surface area contributed by atoms with Gasteiger partial charge in [0.05, 0.1) is 6.54 Å². The fourth-order valence-corrected chi connectivity index (χ4v) is 1.43. The summed E-state index contributed by atoms with van der Waals surface area (Å²) in [7, 11) is 2.12. The number of nitrogens with zero attached hydrogens (tertiary/aromatic N) is 1. The van der Waals surface area contributed by atoms with E-state index in [2.05, 4.69) is 40.1 Å². The minimum atomic E-state index is 0.792. The minimum Gasteiger partial charge on any atom is -0.453 e. The molecule has 1 N–H and O–H groups in total. The van der Waals surface area contributed by atoms with Crippen molar-refractivity contribution >= 4 is 15.9 Å². The van der Waals surface area contributed by atoms with Crippen molar-refractivity contribution in [3.05, 3.63) is 22.6 Å². The van der Waals surface area contributed by atoms with Gasteiger partial charge >= 0.3 is 0 Å². The van der Waals surface area contributed by atoms with Crippen molar-refractivity contribution in [3.8, 4) is 0 Å². The van der Waals surface area contributed by atoms with E-state index in [0.29, 0.717) is 0 Å². The molecule has 4 heteroatoms. The van der Waals surface area contributed by atoms with Crippen LogP contribution in [0, 0.1) is 0 Å². The average molecular weight is 261 g/mol. The van der Waals surface area contributed by atoms with Gasteiger partial charge in [-0.05, 0) is 41.7 Å². The molecular formula is C10H17BrN2O. The van der Waals surface area contributed by atoms with Gasteiger partial charge in [-0.25, -0.2) is 0 Å². The van der Waals surface area contributed by atoms with Crippen molar-refractivity contribution in [1.82, 2.24) is 10.2 Å². The van der Waals surface area contributed by atoms with E-state index in [9.17, 15) is 0 Å². The lowest BCUT2D eigenvalue weighted by Gasteiger charge is -2.13. The van der Waals surface area contributed by atoms with E-state index >= 15 is 0 Å². The largest absolute Gasteiger partial charge is 0.453 e. The van der Waals surface area contributed by atoms with Crippen molar-refractivity contribution in [2.24, 2.45) is 0 Å². The molecule has 80 valence electrons. The fourth-order valence-electron chi connectivity index (χ4n) is 1.09. The summed E-state index contributed by atoms with van der Waals surface area (Å²) in [6, 6.07) is 3.88. The van der Waals surface area contributed by atoms with Gasteiger partial charge in [-0.15, -0.1) is 0 Å². The third-order valence-electron chi connectivity index (χ3n) is 2.14. The van der Waals surface area contributed by atoms with E-state index in [1.165, 1.54) is 0 Å². The number of furan rings is 1. The van der Waals surface area contributed by atoms with Crippen molar-refractivity contribution in [2.75, 3.05) is 26.7 Å². The molecule has 0 aromatic carbocycles. The third kappa shape index (κ3) is 4.26. The first kappa shape index (κ1) is 11.8. The average Bonchev–Trinajstić information content (AvgIpc) is 2.58. The van der Waals surface area contributed by atoms with E-state index in [1.807, 2.05) is 12.1 Å². The molecule has 1 aromatic rings. The quantitative estimate of drug-likeness (QED) is 0.795. The molecule has 0 spiro atoms. The van der Waals surface area contributed by atoms with Crippen molar-refractivity contribution in [3.63, 3.8) is 0 Å². The van der Waals surface area contributed by atoms with Crippen molar-refractivity contribution in [1.29, 1.82) is 0 Å². The molecule has 0 atom stereocenters. The Morgan fingerprint density at radius 2 is 2.29 bits per heavy atom. The van der Waals surface area contributed by atoms with Gasteiger partial charge in [0.1, 0.15) is 5.76 Å². The van der Waals surface area contributed by atoms with Crippen molar-refractivity contribution < 1.29 is 4.42 Å². The fraction of sp³-hybridized carbons (Fsp3) is 0.600. The van der Waals surface area contributed by atoms with E-state index in [4.69, 9.17) is 4.42 Å². The monoisotopic (exact) mass is 260 g/mol. The smallest absolute Gasteiger partial charge is 0.169 e. The Bertz CT molecular complexity index is 262. The summed E-state index contributed by atoms with van der Waals surface area (Å²) >= 11 is 3.27. The Morgan fingerprint density at radius 1 is 1.50 bits per heavy atom. The van der Waals surface area contributed by atoms with Gasteiger partial charge in [-0.2, -0.15) is 0 Å². The Balaban J connectivity index is 2.10. The van der Waals surface area contributed by atoms with Crippen LogP contribution >= 0.6 is 15.9 Å². The summed E-state index contributed by atoms with van der Waals surface area (Å²) in [6.07, 6.45) is 0. The van der Waals surface area contributed by atoms with Gasteiger partial charge in [0, 0.05) is 13.1 Å². The predicted octanol–water partition coefficient (Wildman–Crippen LogP) is 2.08. The zero-order valence-electron chi connectivity index (χ0n) is 8.72. The number of halogens is 1. The first-order chi connectivity index (χ1) is 6.72. The maximum atomic E-state index is 5.36. The van der Waals surface area contributed by atoms with E-state index in [0.717, 1.165) is 36.6 Å².